The molecular formula is C58H41N5O. The van der Waals surface area contributed by atoms with Crippen LogP contribution in [-0.2, 0) is 0 Å². The van der Waals surface area contributed by atoms with Gasteiger partial charge in [0, 0.05) is 16.8 Å². The van der Waals surface area contributed by atoms with Gasteiger partial charge in [0.25, 0.3) is 6.33 Å². The quantitative estimate of drug-likeness (QED) is 0.113. The lowest BCUT2D eigenvalue weighted by Gasteiger charge is -2.17. The van der Waals surface area contributed by atoms with Crippen LogP contribution in [-0.4, -0.2) is 18.7 Å². The number of ether oxygens (including phenoxy) is 1. The van der Waals surface area contributed by atoms with Crippen molar-refractivity contribution in [3.63, 3.8) is 0 Å². The van der Waals surface area contributed by atoms with Crippen LogP contribution in [0.5, 0.6) is 11.5 Å². The van der Waals surface area contributed by atoms with Gasteiger partial charge in [0.2, 0.25) is 5.95 Å². The Morgan fingerprint density at radius 1 is 0.469 bits per heavy atom. The molecule has 0 bridgehead atoms. The summed E-state index contributed by atoms with van der Waals surface area (Å²) in [5.74, 6) is 2.27. The Morgan fingerprint density at radius 3 is 1.81 bits per heavy atom. The Morgan fingerprint density at radius 2 is 1.06 bits per heavy atom. The highest BCUT2D eigenvalue weighted by Crippen LogP contribution is 2.39. The van der Waals surface area contributed by atoms with Crippen molar-refractivity contribution in [1.29, 1.82) is 0 Å². The average molecular weight is 824 g/mol. The highest BCUT2D eigenvalue weighted by molar-refractivity contribution is 6.09. The minimum absolute atomic E-state index is 0.717. The molecule has 0 saturated heterocycles. The first-order valence-corrected chi connectivity index (χ1v) is 21.6. The number of benzene rings is 9. The Balaban J connectivity index is 0.993. The van der Waals surface area contributed by atoms with Gasteiger partial charge in [-0.25, -0.2) is 4.98 Å². The van der Waals surface area contributed by atoms with Crippen molar-refractivity contribution in [2.45, 2.75) is 13.8 Å². The van der Waals surface area contributed by atoms with Gasteiger partial charge < -0.3 is 4.74 Å². The molecule has 0 radical (unpaired) electrons. The predicted octanol–water partition coefficient (Wildman–Crippen LogP) is 13.9. The number of hydrogen-bond acceptors (Lipinski definition) is 2. The topological polar surface area (TPSA) is 40.8 Å². The van der Waals surface area contributed by atoms with E-state index in [1.807, 2.05) is 12.1 Å². The van der Waals surface area contributed by atoms with Crippen molar-refractivity contribution < 1.29 is 9.30 Å². The first-order chi connectivity index (χ1) is 31.6. The van der Waals surface area contributed by atoms with Crippen molar-refractivity contribution in [3.05, 3.63) is 230 Å². The highest BCUT2D eigenvalue weighted by Gasteiger charge is 2.23. The van der Waals surface area contributed by atoms with E-state index >= 15 is 0 Å². The highest BCUT2D eigenvalue weighted by atomic mass is 16.5. The molecule has 3 aromatic heterocycles. The van der Waals surface area contributed by atoms with Crippen molar-refractivity contribution in [2.24, 2.45) is 0 Å². The molecule has 0 aliphatic carbocycles. The lowest BCUT2D eigenvalue weighted by atomic mass is 9.95. The molecule has 0 aliphatic heterocycles. The van der Waals surface area contributed by atoms with Gasteiger partial charge in [0.15, 0.2) is 0 Å². The summed E-state index contributed by atoms with van der Waals surface area (Å²) in [6, 6.07) is 74.3. The molecule has 6 heteroatoms. The fraction of sp³-hybridized carbons (Fsp3) is 0.0345. The number of para-hydroxylation sites is 7. The number of aromatic nitrogens is 5. The molecule has 304 valence electrons. The van der Waals surface area contributed by atoms with Crippen molar-refractivity contribution >= 4 is 43.9 Å². The standard InChI is InChI=1S/C58H41N5O/c1-39-18-15-19-40(2)56(39)63-52-31-12-10-29-50(52)59-58(63)62-51-30-11-9-26-48(51)49-35-34-45(37-55(49)62)64-44-25-16-24-43(36-44)60-38-61(54-33-14-13-32-53(54)60)57-46(41-20-5-3-6-21-41)27-17-28-47(57)42-22-7-4-8-23-42/h3-37H,1-2H3. The summed E-state index contributed by atoms with van der Waals surface area (Å²) >= 11 is 0. The van der Waals surface area contributed by atoms with E-state index in [-0.39, 0.29) is 0 Å². The summed E-state index contributed by atoms with van der Waals surface area (Å²) in [5, 5.41) is 2.28. The van der Waals surface area contributed by atoms with Crippen LogP contribution in [0.1, 0.15) is 11.1 Å². The van der Waals surface area contributed by atoms with Crippen LogP contribution in [0.3, 0.4) is 0 Å². The molecule has 0 unspecified atom stereocenters. The lowest BCUT2D eigenvalue weighted by molar-refractivity contribution is -0.571. The van der Waals surface area contributed by atoms with Crippen LogP contribution in [0.25, 0.3) is 89.1 Å². The van der Waals surface area contributed by atoms with Gasteiger partial charge >= 0.3 is 0 Å². The second-order valence-electron chi connectivity index (χ2n) is 16.3. The third-order valence-corrected chi connectivity index (χ3v) is 12.4. The molecule has 64 heavy (non-hydrogen) atoms. The summed E-state index contributed by atoms with van der Waals surface area (Å²) in [6.07, 6.45) is 3.80. The molecule has 3 heterocycles. The number of aryl methyl sites for hydroxylation is 2. The van der Waals surface area contributed by atoms with E-state index in [0.717, 1.165) is 101 Å². The SMILES string of the molecule is Cc1cccc(C)c1-n1c(-n2c3ccccc3c3ccc(Oc4cccc(-n5[c-][n+](-c6c(-c7ccccc7)cccc6-c6ccccc6)c6ccccc65)c4)cc32)nc2ccccc21. The molecule has 0 spiro atoms. The zero-order valence-corrected chi connectivity index (χ0v) is 35.4. The van der Waals surface area contributed by atoms with Gasteiger partial charge in [0.05, 0.1) is 50.2 Å². The molecule has 0 saturated carbocycles. The fourth-order valence-electron chi connectivity index (χ4n) is 9.50. The maximum atomic E-state index is 6.83. The molecule has 12 aromatic rings. The number of rotatable bonds is 8. The van der Waals surface area contributed by atoms with Crippen molar-refractivity contribution in [1.82, 2.24) is 18.7 Å². The van der Waals surface area contributed by atoms with Gasteiger partial charge in [0.1, 0.15) is 11.5 Å². The summed E-state index contributed by atoms with van der Waals surface area (Å²) in [4.78, 5) is 5.34. The van der Waals surface area contributed by atoms with E-state index in [4.69, 9.17) is 9.72 Å². The average Bonchev–Trinajstić information content (AvgIpc) is 4.02. The molecule has 0 fully saturated rings. The molecule has 6 nitrogen and oxygen atoms in total. The smallest absolute Gasteiger partial charge is 0.269 e. The first-order valence-electron chi connectivity index (χ1n) is 21.6. The summed E-state index contributed by atoms with van der Waals surface area (Å²) in [5.41, 5.74) is 16.2. The Hall–Kier alpha value is -8.48. The van der Waals surface area contributed by atoms with Gasteiger partial charge in [-0.3, -0.25) is 18.3 Å². The maximum Gasteiger partial charge on any atom is 0.269 e. The molecule has 0 aliphatic rings. The third-order valence-electron chi connectivity index (χ3n) is 12.4. The molecule has 9 aromatic carbocycles. The summed E-state index contributed by atoms with van der Waals surface area (Å²) < 4.78 is 15.8. The molecule has 12 rings (SSSR count). The summed E-state index contributed by atoms with van der Waals surface area (Å²) in [7, 11) is 0. The van der Waals surface area contributed by atoms with Crippen LogP contribution < -0.4 is 9.30 Å². The van der Waals surface area contributed by atoms with Gasteiger partial charge in [-0.15, -0.1) is 0 Å². The molecule has 0 N–H and O–H groups in total. The lowest BCUT2D eigenvalue weighted by Crippen LogP contribution is -2.31. The zero-order valence-electron chi connectivity index (χ0n) is 35.4. The molecule has 0 atom stereocenters. The van der Waals surface area contributed by atoms with E-state index in [1.54, 1.807) is 0 Å². The maximum absolute atomic E-state index is 6.83. The van der Waals surface area contributed by atoms with Crippen LogP contribution in [0, 0.1) is 20.2 Å². The number of fused-ring (bicyclic) bond motifs is 5. The first kappa shape index (κ1) is 37.3. The minimum Gasteiger partial charge on any atom is -0.458 e. The minimum atomic E-state index is 0.717. The van der Waals surface area contributed by atoms with Gasteiger partial charge in [-0.1, -0.05) is 158 Å². The van der Waals surface area contributed by atoms with Crippen molar-refractivity contribution in [3.8, 4) is 56.8 Å². The molecule has 0 amide bonds. The predicted molar refractivity (Wildman–Crippen MR) is 259 cm³/mol. The number of hydrogen-bond donors (Lipinski definition) is 0. The number of nitrogens with zero attached hydrogens (tertiary/aromatic N) is 5. The summed E-state index contributed by atoms with van der Waals surface area (Å²) in [6.45, 7) is 4.35. The van der Waals surface area contributed by atoms with E-state index in [2.05, 4.69) is 239 Å². The third kappa shape index (κ3) is 6.10. The van der Waals surface area contributed by atoms with E-state index in [1.165, 1.54) is 11.1 Å². The second-order valence-corrected chi connectivity index (χ2v) is 16.3. The Kier molecular flexibility index (Phi) is 8.83. The monoisotopic (exact) mass is 823 g/mol. The van der Waals surface area contributed by atoms with Crippen LogP contribution in [0.2, 0.25) is 0 Å². The van der Waals surface area contributed by atoms with Gasteiger partial charge in [-0.05, 0) is 95.8 Å². The zero-order chi connectivity index (χ0) is 42.7. The normalized spacial score (nSPS) is 11.6. The van der Waals surface area contributed by atoms with Crippen molar-refractivity contribution in [2.75, 3.05) is 0 Å². The van der Waals surface area contributed by atoms with Crippen LogP contribution >= 0.6 is 0 Å². The Labute approximate surface area is 370 Å². The van der Waals surface area contributed by atoms with Gasteiger partial charge in [-0.2, -0.15) is 0 Å². The van der Waals surface area contributed by atoms with E-state index in [9.17, 15) is 0 Å². The fourth-order valence-corrected chi connectivity index (χ4v) is 9.50. The van der Waals surface area contributed by atoms with E-state index < -0.39 is 0 Å². The van der Waals surface area contributed by atoms with Crippen LogP contribution in [0.15, 0.2) is 212 Å². The molecular weight excluding hydrogens is 783 g/mol. The largest absolute Gasteiger partial charge is 0.458 e. The Bertz CT molecular complexity index is 3650. The number of imidazole rings is 2. The van der Waals surface area contributed by atoms with Crippen LogP contribution in [0.4, 0.5) is 0 Å². The van der Waals surface area contributed by atoms with E-state index in [0.29, 0.717) is 0 Å². The second kappa shape index (κ2) is 15.2.